The largest absolute Gasteiger partial charge is 0.348 e. The minimum atomic E-state index is -1.05. The number of likely N-dealkylation sites (N-methyl/N-ethyl adjacent to an activating group) is 2. The van der Waals surface area contributed by atoms with Gasteiger partial charge in [-0.25, -0.2) is 4.98 Å². The lowest BCUT2D eigenvalue weighted by Crippen LogP contribution is -2.62. The van der Waals surface area contributed by atoms with Gasteiger partial charge in [0.1, 0.15) is 35.2 Å². The van der Waals surface area contributed by atoms with E-state index in [0.29, 0.717) is 5.01 Å². The number of carbonyl (C=O) groups excluding carboxylic acids is 7. The smallest absolute Gasteiger partial charge is 0.246 e. The molecule has 0 unspecified atom stereocenters. The Morgan fingerprint density at radius 3 is 1.96 bits per heavy atom. The fourth-order valence-electron chi connectivity index (χ4n) is 10.4. The Balaban J connectivity index is 1.23. The number of rotatable bonds is 18. The van der Waals surface area contributed by atoms with E-state index >= 15 is 9.59 Å². The van der Waals surface area contributed by atoms with Crippen LogP contribution < -0.4 is 37.2 Å². The molecule has 1 aromatic heterocycles. The Morgan fingerprint density at radius 2 is 1.34 bits per heavy atom. The van der Waals surface area contributed by atoms with Crippen LogP contribution in [0.3, 0.4) is 0 Å². The van der Waals surface area contributed by atoms with Gasteiger partial charge in [-0.2, -0.15) is 0 Å². The molecule has 0 bridgehead atoms. The molecule has 1 saturated heterocycles. The second-order valence-electron chi connectivity index (χ2n) is 22.8. The van der Waals surface area contributed by atoms with Gasteiger partial charge in [0, 0.05) is 43.4 Å². The quantitative estimate of drug-likeness (QED) is 0.0734. The molecule has 1 aliphatic carbocycles. The molecule has 7 N–H and O–H groups in total. The van der Waals surface area contributed by atoms with Crippen LogP contribution in [-0.2, 0) is 65.9 Å². The van der Waals surface area contributed by atoms with Crippen molar-refractivity contribution < 1.29 is 33.6 Å². The van der Waals surface area contributed by atoms with Crippen LogP contribution in [0.2, 0.25) is 0 Å². The third-order valence-electron chi connectivity index (χ3n) is 15.3. The third-order valence-corrected chi connectivity index (χ3v) is 16.0. The Bertz CT molecular complexity index is 2720. The second-order valence-corrected chi connectivity index (χ2v) is 23.8. The van der Waals surface area contributed by atoms with E-state index in [4.69, 9.17) is 0 Å². The van der Waals surface area contributed by atoms with Gasteiger partial charge in [0.05, 0.1) is 24.7 Å². The van der Waals surface area contributed by atoms with E-state index in [-0.39, 0.29) is 68.6 Å². The molecule has 1 fully saturated rings. The molecule has 76 heavy (non-hydrogen) atoms. The van der Waals surface area contributed by atoms with E-state index in [1.54, 1.807) is 39.0 Å². The van der Waals surface area contributed by atoms with Crippen molar-refractivity contribution in [2.45, 2.75) is 161 Å². The summed E-state index contributed by atoms with van der Waals surface area (Å²) in [6.45, 7) is 15.0. The van der Waals surface area contributed by atoms with Crippen molar-refractivity contribution >= 4 is 52.7 Å². The minimum absolute atomic E-state index is 0.0592. The number of nitrogens with one attached hydrogen (secondary N) is 7. The lowest BCUT2D eigenvalue weighted by molar-refractivity contribution is -0.147. The fourth-order valence-corrected chi connectivity index (χ4v) is 11.0. The number of nitrogens with zero attached hydrogens (tertiary/aromatic N) is 3. The molecule has 7 amide bonds. The van der Waals surface area contributed by atoms with Crippen LogP contribution in [0.4, 0.5) is 0 Å². The normalized spacial score (nSPS) is 20.4. The van der Waals surface area contributed by atoms with Crippen LogP contribution >= 0.6 is 11.3 Å². The molecule has 0 saturated carbocycles. The van der Waals surface area contributed by atoms with Crippen molar-refractivity contribution in [3.8, 4) is 0 Å². The van der Waals surface area contributed by atoms with Gasteiger partial charge < -0.3 is 47.0 Å². The van der Waals surface area contributed by atoms with Crippen molar-refractivity contribution in [3.05, 3.63) is 123 Å². The van der Waals surface area contributed by atoms with Crippen LogP contribution in [-0.4, -0.2) is 119 Å². The first-order chi connectivity index (χ1) is 36.1. The van der Waals surface area contributed by atoms with Crippen molar-refractivity contribution in [3.63, 3.8) is 0 Å². The molecule has 3 aliphatic rings. The standard InChI is InChI=1S/C58H78N10O7S/c1-34(59-9)50(69)65-48(57(3,4)5)55(74)67-32-40-28-38(23-24-39(40)29-45(67)53(72)63-43-22-16-20-37-19-14-15-21-42(37)43)41-30-46(68(33-41)56(75)49(58(6,7)8)66-51(70)35(2)60-10)54(73)64-44(27-36-17-12-11-13-18-36)52(71)62-31-47-61-25-26-76-47/h11-15,17-19,21,23-26,28,34-35,41,43-46,48-49,59-60H,16,20,22,27,29-33H2,1-10H3,(H,62,71)(H,63,72)(H,64,73)(H,65,69)(H,66,70)/t34-,35-,41-,43+,44-,45-,46-,48+,49+/m0/s1. The van der Waals surface area contributed by atoms with Crippen LogP contribution in [0, 0.1) is 10.8 Å². The summed E-state index contributed by atoms with van der Waals surface area (Å²) in [4.78, 5) is 108. The molecular weight excluding hydrogens is 981 g/mol. The maximum absolute atomic E-state index is 15.2. The maximum Gasteiger partial charge on any atom is 0.246 e. The number of hydrogen-bond donors (Lipinski definition) is 7. The summed E-state index contributed by atoms with van der Waals surface area (Å²) in [5.74, 6) is -3.15. The summed E-state index contributed by atoms with van der Waals surface area (Å²) in [6, 6.07) is 17.1. The SMILES string of the molecule is CN[C@@H](C)C(=O)N[C@H](C(=O)N1C[C@@H](c2ccc3c(c2)CN(C(=O)[C@@H](NC(=O)[C@H](C)NC)C(C)(C)C)[C@H](C(=O)N[C@@H]2CCCc4ccccc42)C3)C[C@H]1C(=O)N[C@@H](Cc1ccccc1)C(=O)NCc1nccs1)C(C)(C)C. The van der Waals surface area contributed by atoms with Crippen LogP contribution in [0.25, 0.3) is 0 Å². The number of aromatic nitrogens is 1. The molecule has 3 aromatic carbocycles. The van der Waals surface area contributed by atoms with Crippen LogP contribution in [0.1, 0.15) is 125 Å². The molecule has 18 heteroatoms. The van der Waals surface area contributed by atoms with Crippen molar-refractivity contribution in [1.29, 1.82) is 0 Å². The van der Waals surface area contributed by atoms with E-state index < -0.39 is 76.8 Å². The Kier molecular flexibility index (Phi) is 18.6. The highest BCUT2D eigenvalue weighted by atomic mass is 32.1. The van der Waals surface area contributed by atoms with Gasteiger partial charge in [0.25, 0.3) is 0 Å². The van der Waals surface area contributed by atoms with E-state index in [0.717, 1.165) is 47.1 Å². The summed E-state index contributed by atoms with van der Waals surface area (Å²) in [5.41, 5.74) is 4.06. The zero-order chi connectivity index (χ0) is 55.1. The first-order valence-electron chi connectivity index (χ1n) is 26.6. The van der Waals surface area contributed by atoms with E-state index in [9.17, 15) is 24.0 Å². The van der Waals surface area contributed by atoms with Crippen molar-refractivity contribution in [1.82, 2.24) is 52.0 Å². The Morgan fingerprint density at radius 1 is 0.711 bits per heavy atom. The van der Waals surface area contributed by atoms with Gasteiger partial charge in [-0.05, 0) is 97.8 Å². The Hall–Kier alpha value is -6.50. The molecule has 4 aromatic rings. The van der Waals surface area contributed by atoms with Gasteiger partial charge in [0.2, 0.25) is 41.4 Å². The number of benzene rings is 3. The average molecular weight is 1060 g/mol. The highest BCUT2D eigenvalue weighted by Gasteiger charge is 2.47. The summed E-state index contributed by atoms with van der Waals surface area (Å²) < 4.78 is 0. The molecular formula is C58H78N10O7S. The minimum Gasteiger partial charge on any atom is -0.348 e. The van der Waals surface area contributed by atoms with Gasteiger partial charge in [0.15, 0.2) is 0 Å². The summed E-state index contributed by atoms with van der Waals surface area (Å²) in [6.07, 6.45) is 4.84. The van der Waals surface area contributed by atoms with Gasteiger partial charge in [-0.3, -0.25) is 33.6 Å². The summed E-state index contributed by atoms with van der Waals surface area (Å²) >= 11 is 1.40. The molecule has 17 nitrogen and oxygen atoms in total. The number of carbonyl (C=O) groups is 7. The zero-order valence-corrected chi connectivity index (χ0v) is 46.6. The molecule has 7 rings (SSSR count). The molecule has 9 atom stereocenters. The van der Waals surface area contributed by atoms with Gasteiger partial charge in [-0.1, -0.05) is 114 Å². The van der Waals surface area contributed by atoms with Crippen molar-refractivity contribution in [2.75, 3.05) is 20.6 Å². The molecule has 2 aliphatic heterocycles. The molecule has 408 valence electrons. The molecule has 0 spiro atoms. The summed E-state index contributed by atoms with van der Waals surface area (Å²) in [5, 5.41) is 23.7. The highest BCUT2D eigenvalue weighted by Crippen LogP contribution is 2.38. The predicted octanol–water partition coefficient (Wildman–Crippen LogP) is 4.60. The predicted molar refractivity (Wildman–Crippen MR) is 293 cm³/mol. The van der Waals surface area contributed by atoms with Crippen LogP contribution in [0.5, 0.6) is 0 Å². The topological polar surface area (TPSA) is 223 Å². The van der Waals surface area contributed by atoms with Gasteiger partial charge in [-0.15, -0.1) is 11.3 Å². The average Bonchev–Trinajstić information content (AvgIpc) is 4.13. The first-order valence-corrected chi connectivity index (χ1v) is 27.5. The monoisotopic (exact) mass is 1060 g/mol. The zero-order valence-electron chi connectivity index (χ0n) is 45.8. The lowest BCUT2D eigenvalue weighted by Gasteiger charge is -2.42. The number of thiazole rings is 1. The molecule has 0 radical (unpaired) electrons. The second kappa shape index (κ2) is 24.7. The molecule has 3 heterocycles. The number of aryl methyl sites for hydroxylation is 1. The van der Waals surface area contributed by atoms with Gasteiger partial charge >= 0.3 is 0 Å². The number of amides is 7. The Labute approximate surface area is 451 Å². The maximum atomic E-state index is 15.2. The number of fused-ring (bicyclic) bond motifs is 2. The summed E-state index contributed by atoms with van der Waals surface area (Å²) in [7, 11) is 3.34. The lowest BCUT2D eigenvalue weighted by atomic mass is 9.83. The van der Waals surface area contributed by atoms with E-state index in [1.807, 2.05) is 108 Å². The third kappa shape index (κ3) is 13.7. The van der Waals surface area contributed by atoms with Crippen LogP contribution in [0.15, 0.2) is 84.4 Å². The fraction of sp³-hybridized carbons (Fsp3) is 0.517. The number of likely N-dealkylation sites (tertiary alicyclic amines) is 1. The van der Waals surface area contributed by atoms with E-state index in [2.05, 4.69) is 54.3 Å². The van der Waals surface area contributed by atoms with E-state index in [1.165, 1.54) is 21.8 Å². The number of hydrogen-bond acceptors (Lipinski definition) is 11. The van der Waals surface area contributed by atoms with Crippen molar-refractivity contribution in [2.24, 2.45) is 10.8 Å². The highest BCUT2D eigenvalue weighted by molar-refractivity contribution is 7.09. The first kappa shape index (κ1) is 57.2.